The van der Waals surface area contributed by atoms with Gasteiger partial charge in [-0.25, -0.2) is 9.38 Å². The number of rotatable bonds is 5. The molecule has 0 radical (unpaired) electrons. The zero-order valence-corrected chi connectivity index (χ0v) is 19.0. The smallest absolute Gasteiger partial charge is 0.306 e. The van der Waals surface area contributed by atoms with Crippen molar-refractivity contribution in [2.24, 2.45) is 10.7 Å². The van der Waals surface area contributed by atoms with Gasteiger partial charge in [0.05, 0.1) is 17.9 Å². The van der Waals surface area contributed by atoms with E-state index in [1.54, 1.807) is 24.3 Å². The Hall–Kier alpha value is -4.23. The van der Waals surface area contributed by atoms with Gasteiger partial charge in [0.25, 0.3) is 5.91 Å². The van der Waals surface area contributed by atoms with Gasteiger partial charge >= 0.3 is 10.1 Å². The number of nitrogens with zero attached hydrogens (tertiary/aromatic N) is 3. The molecule has 0 spiro atoms. The van der Waals surface area contributed by atoms with Crippen LogP contribution in [0.3, 0.4) is 0 Å². The Morgan fingerprint density at radius 2 is 1.76 bits per heavy atom. The summed E-state index contributed by atoms with van der Waals surface area (Å²) in [6, 6.07) is 18.5. The Bertz CT molecular complexity index is 1480. The van der Waals surface area contributed by atoms with Crippen molar-refractivity contribution < 1.29 is 21.8 Å². The number of halogens is 1. The van der Waals surface area contributed by atoms with Crippen molar-refractivity contribution in [3.63, 3.8) is 0 Å². The number of carbonyl (C=O) groups excluding carboxylic acids is 1. The summed E-state index contributed by atoms with van der Waals surface area (Å²) in [6.07, 6.45) is 0.921. The van der Waals surface area contributed by atoms with Crippen LogP contribution in [0.2, 0.25) is 0 Å². The van der Waals surface area contributed by atoms with Crippen LogP contribution in [0.4, 0.5) is 4.39 Å². The number of hydrogen-bond acceptors (Lipinski definition) is 7. The molecule has 2 N–H and O–H groups in total. The van der Waals surface area contributed by atoms with Crippen LogP contribution in [-0.2, 0) is 20.5 Å². The molecule has 3 aromatic carbocycles. The first-order valence-corrected chi connectivity index (χ1v) is 11.8. The largest absolute Gasteiger partial charge is 0.383 e. The van der Waals surface area contributed by atoms with Crippen molar-refractivity contribution in [1.29, 1.82) is 5.26 Å². The second-order valence-corrected chi connectivity index (χ2v) is 9.32. The Kier molecular flexibility index (Phi) is 5.59. The van der Waals surface area contributed by atoms with Gasteiger partial charge in [0.2, 0.25) is 0 Å². The Morgan fingerprint density at radius 3 is 2.35 bits per heavy atom. The molecule has 1 heterocycles. The molecule has 3 aromatic rings. The number of benzene rings is 3. The van der Waals surface area contributed by atoms with Gasteiger partial charge in [0.1, 0.15) is 11.6 Å². The molecule has 0 bridgehead atoms. The third-order valence-electron chi connectivity index (χ3n) is 5.45. The minimum atomic E-state index is -3.74. The van der Waals surface area contributed by atoms with Crippen LogP contribution in [-0.4, -0.2) is 38.5 Å². The molecular weight excluding hydrogens is 459 g/mol. The van der Waals surface area contributed by atoms with Crippen LogP contribution >= 0.6 is 0 Å². The minimum Gasteiger partial charge on any atom is -0.383 e. The van der Waals surface area contributed by atoms with Crippen LogP contribution in [0.15, 0.2) is 71.7 Å². The lowest BCUT2D eigenvalue weighted by atomic mass is 9.81. The van der Waals surface area contributed by atoms with E-state index in [0.717, 1.165) is 6.26 Å². The van der Waals surface area contributed by atoms with Gasteiger partial charge < -0.3 is 9.92 Å². The van der Waals surface area contributed by atoms with Gasteiger partial charge in [-0.15, -0.1) is 0 Å². The maximum Gasteiger partial charge on any atom is 0.306 e. The summed E-state index contributed by atoms with van der Waals surface area (Å²) in [7, 11) is -2.26. The van der Waals surface area contributed by atoms with Crippen LogP contribution in [0.25, 0.3) is 11.1 Å². The van der Waals surface area contributed by atoms with E-state index in [4.69, 9.17) is 9.92 Å². The highest BCUT2D eigenvalue weighted by Crippen LogP contribution is 2.41. The summed E-state index contributed by atoms with van der Waals surface area (Å²) >= 11 is 0. The van der Waals surface area contributed by atoms with Gasteiger partial charge in [-0.3, -0.25) is 9.69 Å². The van der Waals surface area contributed by atoms with E-state index in [-0.39, 0.29) is 17.3 Å². The molecule has 1 unspecified atom stereocenters. The summed E-state index contributed by atoms with van der Waals surface area (Å²) in [6.45, 7) is 0. The fraction of sp³-hybridized carbons (Fsp3) is 0.125. The van der Waals surface area contributed by atoms with Crippen LogP contribution in [0, 0.1) is 17.1 Å². The zero-order chi connectivity index (χ0) is 24.7. The average Bonchev–Trinajstić information content (AvgIpc) is 3.03. The number of hydrogen-bond donors (Lipinski definition) is 1. The SMILES string of the molecule is CN1C(=O)C(c2ccc(OS(C)(=O)=O)cc2)(c2ccc(F)c(-c3cccc(C#N)c3)c2)N=C1N. The Morgan fingerprint density at radius 1 is 1.09 bits per heavy atom. The lowest BCUT2D eigenvalue weighted by molar-refractivity contribution is -0.129. The summed E-state index contributed by atoms with van der Waals surface area (Å²) in [5, 5.41) is 9.21. The van der Waals surface area contributed by atoms with E-state index >= 15 is 0 Å². The number of guanidine groups is 1. The fourth-order valence-corrected chi connectivity index (χ4v) is 4.30. The van der Waals surface area contributed by atoms with Gasteiger partial charge in [-0.1, -0.05) is 30.3 Å². The van der Waals surface area contributed by atoms with Gasteiger partial charge in [-0.2, -0.15) is 13.7 Å². The number of aliphatic imine (C=N–C) groups is 1. The first-order valence-electron chi connectivity index (χ1n) is 9.99. The number of likely N-dealkylation sites (N-methyl/N-ethyl adjacent to an activating group) is 1. The van der Waals surface area contributed by atoms with E-state index in [2.05, 4.69) is 4.99 Å². The molecule has 1 aliphatic heterocycles. The standard InChI is InChI=1S/C24H19FN4O4S/c1-29-22(30)24(28-23(29)27,17-6-9-19(10-7-17)33-34(2,31)32)18-8-11-21(25)20(13-18)16-5-3-4-15(12-16)14-26/h3-13H,1-2H3,(H2,27,28). The highest BCUT2D eigenvalue weighted by atomic mass is 32.2. The van der Waals surface area contributed by atoms with Gasteiger partial charge in [-0.05, 0) is 53.1 Å². The Balaban J connectivity index is 1.90. The second kappa shape index (κ2) is 8.28. The fourth-order valence-electron chi connectivity index (χ4n) is 3.84. The second-order valence-electron chi connectivity index (χ2n) is 7.74. The number of carbonyl (C=O) groups is 1. The quantitative estimate of drug-likeness (QED) is 0.562. The predicted octanol–water partition coefficient (Wildman–Crippen LogP) is 2.73. The third kappa shape index (κ3) is 3.97. The van der Waals surface area contributed by atoms with Crippen molar-refractivity contribution in [2.45, 2.75) is 5.54 Å². The molecule has 8 nitrogen and oxygen atoms in total. The van der Waals surface area contributed by atoms with E-state index in [1.165, 1.54) is 54.4 Å². The van der Waals surface area contributed by atoms with Crippen molar-refractivity contribution in [2.75, 3.05) is 13.3 Å². The van der Waals surface area contributed by atoms with Gasteiger partial charge in [0, 0.05) is 12.6 Å². The first-order chi connectivity index (χ1) is 16.0. The maximum absolute atomic E-state index is 14.9. The summed E-state index contributed by atoms with van der Waals surface area (Å²) in [5.41, 5.74) is 6.09. The van der Waals surface area contributed by atoms with Crippen molar-refractivity contribution in [1.82, 2.24) is 4.90 Å². The maximum atomic E-state index is 14.9. The number of nitrogens with two attached hydrogens (primary N) is 1. The lowest BCUT2D eigenvalue weighted by Gasteiger charge is -2.27. The van der Waals surface area contributed by atoms with E-state index < -0.39 is 27.4 Å². The minimum absolute atomic E-state index is 0.0289. The summed E-state index contributed by atoms with van der Waals surface area (Å²) in [5.74, 6) is -0.976. The number of amides is 1. The third-order valence-corrected chi connectivity index (χ3v) is 5.94. The topological polar surface area (TPSA) is 126 Å². The molecule has 0 fully saturated rings. The van der Waals surface area contributed by atoms with Crippen molar-refractivity contribution in [3.8, 4) is 22.9 Å². The van der Waals surface area contributed by atoms with Crippen LogP contribution in [0.5, 0.6) is 5.75 Å². The molecule has 0 saturated carbocycles. The molecule has 0 saturated heterocycles. The zero-order valence-electron chi connectivity index (χ0n) is 18.2. The summed E-state index contributed by atoms with van der Waals surface area (Å²) in [4.78, 5) is 19.1. The highest BCUT2D eigenvalue weighted by molar-refractivity contribution is 7.86. The molecule has 1 aliphatic rings. The molecule has 0 aliphatic carbocycles. The van der Waals surface area contributed by atoms with Crippen molar-refractivity contribution in [3.05, 3.63) is 89.2 Å². The van der Waals surface area contributed by atoms with Crippen LogP contribution in [0.1, 0.15) is 16.7 Å². The molecule has 34 heavy (non-hydrogen) atoms. The Labute approximate surface area is 195 Å². The molecule has 172 valence electrons. The molecule has 1 atom stereocenters. The van der Waals surface area contributed by atoms with E-state index in [1.807, 2.05) is 6.07 Å². The molecule has 4 rings (SSSR count). The molecule has 10 heteroatoms. The predicted molar refractivity (Wildman–Crippen MR) is 124 cm³/mol. The van der Waals surface area contributed by atoms with Gasteiger partial charge in [0.15, 0.2) is 11.5 Å². The van der Waals surface area contributed by atoms with Crippen LogP contribution < -0.4 is 9.92 Å². The molecule has 0 aromatic heterocycles. The first kappa shape index (κ1) is 22.9. The highest BCUT2D eigenvalue weighted by Gasteiger charge is 2.49. The summed E-state index contributed by atoms with van der Waals surface area (Å²) < 4.78 is 42.6. The monoisotopic (exact) mass is 478 g/mol. The number of nitriles is 1. The molecule has 1 amide bonds. The van der Waals surface area contributed by atoms with E-state index in [9.17, 15) is 22.9 Å². The lowest BCUT2D eigenvalue weighted by Crippen LogP contribution is -2.41. The van der Waals surface area contributed by atoms with Crippen molar-refractivity contribution >= 4 is 22.0 Å². The van der Waals surface area contributed by atoms with E-state index in [0.29, 0.717) is 22.3 Å². The average molecular weight is 479 g/mol. The normalized spacial score (nSPS) is 17.9. The molecular formula is C24H19FN4O4S.